The van der Waals surface area contributed by atoms with Crippen molar-refractivity contribution in [3.05, 3.63) is 54.3 Å². The van der Waals surface area contributed by atoms with Gasteiger partial charge in [0.1, 0.15) is 23.7 Å². The summed E-state index contributed by atoms with van der Waals surface area (Å²) in [6.45, 7) is 2.13. The Hall–Kier alpha value is -4.71. The molecular weight excluding hydrogens is 577 g/mol. The van der Waals surface area contributed by atoms with Crippen LogP contribution in [0, 0.1) is 5.82 Å². The van der Waals surface area contributed by atoms with Crippen LogP contribution in [-0.4, -0.2) is 94.8 Å². The van der Waals surface area contributed by atoms with Gasteiger partial charge in [-0.1, -0.05) is 30.3 Å². The molecule has 1 aromatic heterocycles. The molecule has 234 valence electrons. The molecule has 3 saturated heterocycles. The third-order valence-corrected chi connectivity index (χ3v) is 9.41. The average Bonchev–Trinajstić information content (AvgIpc) is 3.56. The predicted octanol–water partition coefficient (Wildman–Crippen LogP) is 3.62. The highest BCUT2D eigenvalue weighted by Crippen LogP contribution is 2.40. The van der Waals surface area contributed by atoms with E-state index >= 15 is 4.39 Å². The summed E-state index contributed by atoms with van der Waals surface area (Å²) in [4.78, 5) is 39.7. The first-order chi connectivity index (χ1) is 21.8. The van der Waals surface area contributed by atoms with Crippen LogP contribution in [0.5, 0.6) is 11.8 Å². The first kappa shape index (κ1) is 29.0. The maximum absolute atomic E-state index is 16.7. The Labute approximate surface area is 259 Å². The second-order valence-corrected chi connectivity index (χ2v) is 12.3. The number of urea groups is 1. The summed E-state index contributed by atoms with van der Waals surface area (Å²) in [5.74, 6) is -0.528. The van der Waals surface area contributed by atoms with Crippen molar-refractivity contribution in [3.63, 3.8) is 0 Å². The number of likely N-dealkylation sites (N-methyl/N-ethyl adjacent to an activating group) is 1. The van der Waals surface area contributed by atoms with Crippen LogP contribution in [0.1, 0.15) is 25.7 Å². The molecule has 0 aliphatic carbocycles. The van der Waals surface area contributed by atoms with E-state index in [1.807, 2.05) is 30.3 Å². The molecule has 3 aromatic carbocycles. The van der Waals surface area contributed by atoms with E-state index in [1.165, 1.54) is 0 Å². The lowest BCUT2D eigenvalue weighted by molar-refractivity contribution is -0.117. The number of nitrogens with one attached hydrogen (secondary N) is 1. The Bertz CT molecular complexity index is 1790. The van der Waals surface area contributed by atoms with E-state index in [0.29, 0.717) is 42.0 Å². The number of amides is 3. The number of fused-ring (bicyclic) bond motifs is 4. The molecule has 12 heteroatoms. The third-order valence-electron chi connectivity index (χ3n) is 9.41. The number of anilines is 1. The van der Waals surface area contributed by atoms with Crippen LogP contribution in [0.2, 0.25) is 0 Å². The molecule has 3 atom stereocenters. The number of hydrogen-bond donors (Lipinski definition) is 3. The second kappa shape index (κ2) is 11.7. The largest absolute Gasteiger partial charge is 0.508 e. The molecule has 4 heterocycles. The monoisotopic (exact) mass is 613 g/mol. The number of benzene rings is 3. The Morgan fingerprint density at radius 2 is 1.82 bits per heavy atom. The summed E-state index contributed by atoms with van der Waals surface area (Å²) in [7, 11) is 2.06. The van der Waals surface area contributed by atoms with Crippen molar-refractivity contribution in [2.24, 2.45) is 5.73 Å². The number of rotatable bonds is 7. The highest BCUT2D eigenvalue weighted by molar-refractivity contribution is 6.01. The van der Waals surface area contributed by atoms with E-state index in [0.717, 1.165) is 43.0 Å². The average molecular weight is 614 g/mol. The lowest BCUT2D eigenvalue weighted by Gasteiger charge is -2.41. The Balaban J connectivity index is 1.28. The first-order valence-electron chi connectivity index (χ1n) is 15.4. The Kier molecular flexibility index (Phi) is 7.52. The van der Waals surface area contributed by atoms with Crippen LogP contribution in [0.4, 0.5) is 15.0 Å². The van der Waals surface area contributed by atoms with Gasteiger partial charge in [0.15, 0.2) is 5.82 Å². The number of aromatic hydroxyl groups is 1. The van der Waals surface area contributed by atoms with Crippen molar-refractivity contribution in [1.82, 2.24) is 25.1 Å². The fraction of sp³-hybridized carbons (Fsp3) is 0.394. The highest BCUT2D eigenvalue weighted by Gasteiger charge is 2.43. The number of nitrogens with zero attached hydrogens (tertiary/aromatic N) is 5. The quantitative estimate of drug-likeness (QED) is 0.288. The number of phenolic OH excluding ortho intramolecular Hbond substituents is 1. The summed E-state index contributed by atoms with van der Waals surface area (Å²) in [6.07, 6.45) is 3.69. The zero-order chi connectivity index (χ0) is 31.2. The number of primary amides is 1. The van der Waals surface area contributed by atoms with Crippen LogP contribution in [0.3, 0.4) is 0 Å². The summed E-state index contributed by atoms with van der Waals surface area (Å²) in [5, 5.41) is 15.2. The van der Waals surface area contributed by atoms with E-state index in [9.17, 15) is 14.7 Å². The SMILES string of the molecule is CN1CCCC1COc1nc(N2C[C@H]3CC[C@@H](C2)N3C(=O)NCC(N)=O)c2ccc(-c3cc(O)cc4ccccc34)c(F)c2n1. The van der Waals surface area contributed by atoms with Crippen LogP contribution in [-0.2, 0) is 4.79 Å². The van der Waals surface area contributed by atoms with Crippen LogP contribution in [0.15, 0.2) is 48.5 Å². The van der Waals surface area contributed by atoms with Gasteiger partial charge >= 0.3 is 12.0 Å². The van der Waals surface area contributed by atoms with E-state index in [4.69, 9.17) is 15.5 Å². The van der Waals surface area contributed by atoms with Crippen molar-refractivity contribution in [2.75, 3.05) is 44.7 Å². The van der Waals surface area contributed by atoms with Gasteiger partial charge in [0.05, 0.1) is 18.6 Å². The standard InChI is InChI=1S/C33H36FN7O4/c1-39-12-4-6-22(39)18-45-32-37-30-26(11-10-25(29(30)34)27-14-23(42)13-19-5-2-3-7-24(19)27)31(38-32)40-16-20-8-9-21(17-40)41(20)33(44)36-15-28(35)43/h2-3,5,7,10-11,13-14,20-22,42H,4,6,8-9,12,15-18H2,1H3,(H2,35,43)(H,36,44)/t20-,21+,22?. The topological polar surface area (TPSA) is 137 Å². The van der Waals surface area contributed by atoms with Gasteiger partial charge in [-0.05, 0) is 73.8 Å². The fourth-order valence-electron chi connectivity index (χ4n) is 7.18. The summed E-state index contributed by atoms with van der Waals surface area (Å²) < 4.78 is 22.8. The number of hydrogen-bond acceptors (Lipinski definition) is 8. The number of likely N-dealkylation sites (tertiary alicyclic amines) is 1. The predicted molar refractivity (Wildman–Crippen MR) is 169 cm³/mol. The molecule has 3 aliphatic rings. The molecule has 2 bridgehead atoms. The molecule has 1 unspecified atom stereocenters. The molecule has 11 nitrogen and oxygen atoms in total. The number of carbonyl (C=O) groups is 2. The maximum Gasteiger partial charge on any atom is 0.319 e. The first-order valence-corrected chi connectivity index (χ1v) is 15.4. The Morgan fingerprint density at radius 1 is 1.04 bits per heavy atom. The second-order valence-electron chi connectivity index (χ2n) is 12.3. The van der Waals surface area contributed by atoms with Gasteiger partial charge < -0.3 is 35.6 Å². The molecule has 7 rings (SSSR count). The third kappa shape index (κ3) is 5.43. The smallest absolute Gasteiger partial charge is 0.319 e. The van der Waals surface area contributed by atoms with E-state index in [1.54, 1.807) is 23.1 Å². The van der Waals surface area contributed by atoms with Gasteiger partial charge in [0, 0.05) is 30.1 Å². The minimum absolute atomic E-state index is 0.0458. The van der Waals surface area contributed by atoms with Crippen molar-refractivity contribution in [1.29, 1.82) is 0 Å². The van der Waals surface area contributed by atoms with E-state index in [2.05, 4.69) is 27.1 Å². The van der Waals surface area contributed by atoms with Crippen LogP contribution < -0.4 is 20.7 Å². The summed E-state index contributed by atoms with van der Waals surface area (Å²) in [5.41, 5.74) is 6.25. The summed E-state index contributed by atoms with van der Waals surface area (Å²) in [6, 6.07) is 14.1. The number of aromatic nitrogens is 2. The molecule has 45 heavy (non-hydrogen) atoms. The van der Waals surface area contributed by atoms with Gasteiger partial charge in [0.25, 0.3) is 0 Å². The number of halogens is 1. The van der Waals surface area contributed by atoms with Crippen molar-refractivity contribution in [3.8, 4) is 22.9 Å². The molecule has 0 spiro atoms. The number of carbonyl (C=O) groups excluding carboxylic acids is 2. The van der Waals surface area contributed by atoms with E-state index < -0.39 is 11.7 Å². The number of piperazine rings is 1. The lowest BCUT2D eigenvalue weighted by atomic mass is 9.96. The molecule has 4 aromatic rings. The molecule has 3 amide bonds. The Morgan fingerprint density at radius 3 is 2.56 bits per heavy atom. The van der Waals surface area contributed by atoms with E-state index in [-0.39, 0.29) is 48.0 Å². The van der Waals surface area contributed by atoms with Gasteiger partial charge in [-0.3, -0.25) is 4.79 Å². The number of ether oxygens (including phenoxy) is 1. The molecular formula is C33H36FN7O4. The molecule has 0 radical (unpaired) electrons. The van der Waals surface area contributed by atoms with Crippen LogP contribution >= 0.6 is 0 Å². The zero-order valence-corrected chi connectivity index (χ0v) is 25.1. The minimum atomic E-state index is -0.599. The lowest BCUT2D eigenvalue weighted by Crippen LogP contribution is -2.59. The van der Waals surface area contributed by atoms with Gasteiger partial charge in [-0.25, -0.2) is 9.18 Å². The normalized spacial score (nSPS) is 21.5. The van der Waals surface area contributed by atoms with Gasteiger partial charge in [0.2, 0.25) is 5.91 Å². The minimum Gasteiger partial charge on any atom is -0.508 e. The maximum atomic E-state index is 16.7. The molecule has 0 saturated carbocycles. The molecule has 3 aliphatic heterocycles. The highest BCUT2D eigenvalue weighted by atomic mass is 19.1. The number of phenols is 1. The van der Waals surface area contributed by atoms with Crippen molar-refractivity contribution >= 4 is 39.4 Å². The molecule has 3 fully saturated rings. The van der Waals surface area contributed by atoms with Gasteiger partial charge in [-0.15, -0.1) is 0 Å². The van der Waals surface area contributed by atoms with Crippen LogP contribution in [0.25, 0.3) is 32.8 Å². The van der Waals surface area contributed by atoms with Gasteiger partial charge in [-0.2, -0.15) is 9.97 Å². The number of nitrogens with two attached hydrogens (primary N) is 1. The summed E-state index contributed by atoms with van der Waals surface area (Å²) >= 11 is 0. The zero-order valence-electron chi connectivity index (χ0n) is 25.1. The van der Waals surface area contributed by atoms with Crippen molar-refractivity contribution in [2.45, 2.75) is 43.8 Å². The molecule has 4 N–H and O–H groups in total. The fourth-order valence-corrected chi connectivity index (χ4v) is 7.18. The van der Waals surface area contributed by atoms with Crippen molar-refractivity contribution < 1.29 is 23.8 Å².